The number of aryl methyl sites for hydroxylation is 1. The number of aromatic nitrogens is 5. The summed E-state index contributed by atoms with van der Waals surface area (Å²) in [5.41, 5.74) is 5.04. The molecule has 0 aliphatic rings. The molecule has 0 aliphatic heterocycles. The van der Waals surface area contributed by atoms with Crippen molar-refractivity contribution in [1.82, 2.24) is 24.3 Å². The summed E-state index contributed by atoms with van der Waals surface area (Å²) in [6, 6.07) is 30.2. The van der Waals surface area contributed by atoms with Crippen LogP contribution in [0.5, 0.6) is 0 Å². The fourth-order valence-electron chi connectivity index (χ4n) is 5.22. The van der Waals surface area contributed by atoms with Gasteiger partial charge in [0, 0.05) is 42.1 Å². The molecular formula is C41H41IrN5-2. The maximum absolute atomic E-state index is 8.66. The minimum absolute atomic E-state index is 0. The zero-order valence-electron chi connectivity index (χ0n) is 34.3. The van der Waals surface area contributed by atoms with Crippen molar-refractivity contribution in [3.05, 3.63) is 126 Å². The van der Waals surface area contributed by atoms with Crippen LogP contribution >= 0.6 is 0 Å². The molecule has 0 unspecified atom stereocenters. The second-order valence-electron chi connectivity index (χ2n) is 13.2. The molecule has 47 heavy (non-hydrogen) atoms. The van der Waals surface area contributed by atoms with E-state index in [1.54, 1.807) is 45.4 Å². The summed E-state index contributed by atoms with van der Waals surface area (Å²) < 4.78 is 60.2. The first-order chi connectivity index (χ1) is 24.7. The number of hydrogen-bond acceptors (Lipinski definition) is 4. The maximum Gasteiger partial charge on any atom is 0.105 e. The number of benzene rings is 3. The predicted octanol–water partition coefficient (Wildman–Crippen LogP) is 9.93. The minimum Gasteiger partial charge on any atom is -0.305 e. The molecule has 1 radical (unpaired) electrons. The number of pyridine rings is 2. The second kappa shape index (κ2) is 13.8. The average molecular weight is 803 g/mol. The molecule has 4 aromatic heterocycles. The van der Waals surface area contributed by atoms with Crippen molar-refractivity contribution in [3.8, 4) is 22.5 Å². The Morgan fingerprint density at radius 1 is 0.787 bits per heavy atom. The summed E-state index contributed by atoms with van der Waals surface area (Å²) in [5, 5.41) is 0.705. The van der Waals surface area contributed by atoms with Crippen LogP contribution in [0.4, 0.5) is 0 Å². The van der Waals surface area contributed by atoms with Gasteiger partial charge in [0.2, 0.25) is 0 Å². The van der Waals surface area contributed by atoms with E-state index in [4.69, 9.17) is 14.6 Å². The SMILES string of the molecule is [2H]C([2H])([2H])c1cc(-c2[c-]ccc3ncn4c5ccccc5nc4c23)ncc1C([2H])([2H])C(C)(C)C.[2H]C([2H])(c1ccnc(-c2[c-]cccc2)c1)C(C)(C)C.[Ir]. The fourth-order valence-corrected chi connectivity index (χ4v) is 5.22. The molecule has 0 aliphatic carbocycles. The largest absolute Gasteiger partial charge is 0.305 e. The van der Waals surface area contributed by atoms with Gasteiger partial charge in [0.05, 0.1) is 17.4 Å². The van der Waals surface area contributed by atoms with Gasteiger partial charge in [-0.15, -0.1) is 59.7 Å². The van der Waals surface area contributed by atoms with Gasteiger partial charge in [-0.05, 0) is 76.5 Å². The van der Waals surface area contributed by atoms with E-state index >= 15 is 0 Å². The van der Waals surface area contributed by atoms with E-state index in [2.05, 4.69) is 27.1 Å². The van der Waals surface area contributed by atoms with Gasteiger partial charge in [0.25, 0.3) is 0 Å². The van der Waals surface area contributed by atoms with Crippen LogP contribution in [0.15, 0.2) is 97.6 Å². The van der Waals surface area contributed by atoms with Crippen molar-refractivity contribution in [2.24, 2.45) is 10.8 Å². The quantitative estimate of drug-likeness (QED) is 0.166. The van der Waals surface area contributed by atoms with Crippen molar-refractivity contribution < 1.29 is 29.7 Å². The third-order valence-electron chi connectivity index (χ3n) is 7.04. The van der Waals surface area contributed by atoms with Crippen LogP contribution in [0, 0.1) is 29.8 Å². The Morgan fingerprint density at radius 3 is 2.32 bits per heavy atom. The summed E-state index contributed by atoms with van der Waals surface area (Å²) in [6.07, 6.45) is 1.43. The van der Waals surface area contributed by atoms with Crippen LogP contribution < -0.4 is 0 Å². The minimum atomic E-state index is -2.52. The molecule has 4 heterocycles. The molecule has 0 atom stereocenters. The molecule has 0 amide bonds. The number of para-hydroxylation sites is 2. The second-order valence-corrected chi connectivity index (χ2v) is 13.2. The van der Waals surface area contributed by atoms with Gasteiger partial charge in [-0.2, -0.15) is 0 Å². The summed E-state index contributed by atoms with van der Waals surface area (Å²) in [7, 11) is 0. The molecule has 7 rings (SSSR count). The van der Waals surface area contributed by atoms with Crippen molar-refractivity contribution in [1.29, 1.82) is 0 Å². The normalized spacial score (nSPS) is 14.8. The maximum atomic E-state index is 8.66. The van der Waals surface area contributed by atoms with Gasteiger partial charge >= 0.3 is 0 Å². The van der Waals surface area contributed by atoms with Gasteiger partial charge < -0.3 is 9.97 Å². The third kappa shape index (κ3) is 8.01. The van der Waals surface area contributed by atoms with E-state index in [-0.39, 0.29) is 31.2 Å². The fraction of sp³-hybridized carbons (Fsp3) is 0.268. The molecule has 0 saturated carbocycles. The van der Waals surface area contributed by atoms with E-state index < -0.39 is 30.4 Å². The first kappa shape index (κ1) is 25.8. The monoisotopic (exact) mass is 803 g/mol. The predicted molar refractivity (Wildman–Crippen MR) is 190 cm³/mol. The standard InChI is InChI=1S/C25H23N4.C16H18N.Ir/c1-16-12-21(26-14-17(16)13-25(2,3)4)18-8-7-10-20-23(18)24-28-19-9-5-6-11-22(19)29(24)15-27-20;1-16(2,3)12-13-9-10-17-15(11-13)14-7-5-4-6-8-14;/h5-7,9-12,14-15H,13H2,1-4H3;4-7,9-11H,12H2,1-3H3;/q2*-1;/i1D3,13D2;12D2;. The molecule has 0 spiro atoms. The topological polar surface area (TPSA) is 56.0 Å². The Hall–Kier alpha value is -4.25. The Kier molecular flexibility index (Phi) is 7.60. The summed E-state index contributed by atoms with van der Waals surface area (Å²) in [4.78, 5) is 18.2. The first-order valence-corrected chi connectivity index (χ1v) is 15.2. The number of hydrogen-bond donors (Lipinski definition) is 0. The summed E-state index contributed by atoms with van der Waals surface area (Å²) >= 11 is 0. The summed E-state index contributed by atoms with van der Waals surface area (Å²) in [5.74, 6) is 0. The number of nitrogens with zero attached hydrogens (tertiary/aromatic N) is 5. The molecule has 0 N–H and O–H groups in total. The van der Waals surface area contributed by atoms with Crippen molar-refractivity contribution in [2.75, 3.05) is 0 Å². The Morgan fingerprint density at radius 2 is 1.57 bits per heavy atom. The van der Waals surface area contributed by atoms with Crippen LogP contribution in [-0.2, 0) is 32.9 Å². The van der Waals surface area contributed by atoms with E-state index in [9.17, 15) is 0 Å². The Labute approximate surface area is 301 Å². The van der Waals surface area contributed by atoms with Gasteiger partial charge in [0.15, 0.2) is 0 Å². The number of rotatable bonds is 4. The van der Waals surface area contributed by atoms with E-state index in [0.29, 0.717) is 33.4 Å². The molecule has 3 aromatic carbocycles. The molecule has 6 heteroatoms. The number of fused-ring (bicyclic) bond motifs is 5. The molecule has 5 nitrogen and oxygen atoms in total. The molecule has 0 saturated heterocycles. The molecule has 0 fully saturated rings. The number of imidazole rings is 1. The van der Waals surface area contributed by atoms with Gasteiger partial charge in [-0.25, -0.2) is 4.98 Å². The third-order valence-corrected chi connectivity index (χ3v) is 7.04. The van der Waals surface area contributed by atoms with E-state index in [0.717, 1.165) is 22.3 Å². The Balaban J connectivity index is 0.000000239. The van der Waals surface area contributed by atoms with Crippen molar-refractivity contribution in [3.63, 3.8) is 0 Å². The average Bonchev–Trinajstić information content (AvgIpc) is 3.50. The smallest absolute Gasteiger partial charge is 0.105 e. The van der Waals surface area contributed by atoms with Crippen LogP contribution in [0.25, 0.3) is 50.1 Å². The van der Waals surface area contributed by atoms with Crippen molar-refractivity contribution >= 4 is 27.6 Å². The molecule has 241 valence electrons. The van der Waals surface area contributed by atoms with Gasteiger partial charge in [-0.3, -0.25) is 9.38 Å². The van der Waals surface area contributed by atoms with E-state index in [1.807, 2.05) is 85.8 Å². The molecule has 0 bridgehead atoms. The van der Waals surface area contributed by atoms with Crippen LogP contribution in [0.2, 0.25) is 0 Å². The summed E-state index contributed by atoms with van der Waals surface area (Å²) in [6.45, 7) is 8.42. The zero-order valence-corrected chi connectivity index (χ0v) is 29.7. The first-order valence-electron chi connectivity index (χ1n) is 18.7. The Bertz CT molecular complexity index is 2430. The van der Waals surface area contributed by atoms with Crippen LogP contribution in [0.3, 0.4) is 0 Å². The van der Waals surface area contributed by atoms with Crippen LogP contribution in [0.1, 0.15) is 67.8 Å². The van der Waals surface area contributed by atoms with E-state index in [1.165, 1.54) is 12.3 Å². The van der Waals surface area contributed by atoms with Gasteiger partial charge in [-0.1, -0.05) is 76.9 Å². The molecular weight excluding hydrogens is 755 g/mol. The zero-order chi connectivity index (χ0) is 38.6. The van der Waals surface area contributed by atoms with Crippen LogP contribution in [-0.4, -0.2) is 24.3 Å². The molecule has 7 aromatic rings. The van der Waals surface area contributed by atoms with Gasteiger partial charge in [0.1, 0.15) is 5.65 Å². The van der Waals surface area contributed by atoms with Crippen molar-refractivity contribution in [2.45, 2.75) is 61.1 Å².